The van der Waals surface area contributed by atoms with Crippen molar-refractivity contribution in [3.05, 3.63) is 11.5 Å². The van der Waals surface area contributed by atoms with Crippen molar-refractivity contribution < 1.29 is 4.74 Å². The lowest BCUT2D eigenvalue weighted by Crippen LogP contribution is -2.29. The van der Waals surface area contributed by atoms with Crippen LogP contribution in [0.4, 0.5) is 5.82 Å². The van der Waals surface area contributed by atoms with E-state index >= 15 is 0 Å². The second-order valence-corrected chi connectivity index (χ2v) is 2.95. The maximum atomic E-state index is 5.80. The van der Waals surface area contributed by atoms with Crippen LogP contribution in [0, 0.1) is 0 Å². The van der Waals surface area contributed by atoms with Crippen LogP contribution in [-0.4, -0.2) is 30.2 Å². The first-order valence-corrected chi connectivity index (χ1v) is 4.01. The molecule has 0 spiro atoms. The zero-order valence-electron chi connectivity index (χ0n) is 6.62. The molecule has 0 bridgehead atoms. The SMILES string of the molecule is CN1CCOc2c(Cl)ncnc21. The monoisotopic (exact) mass is 185 g/mol. The Morgan fingerprint density at radius 1 is 1.58 bits per heavy atom. The summed E-state index contributed by atoms with van der Waals surface area (Å²) < 4.78 is 5.33. The molecule has 0 radical (unpaired) electrons. The third-order valence-corrected chi connectivity index (χ3v) is 2.05. The molecule has 0 unspecified atom stereocenters. The van der Waals surface area contributed by atoms with Gasteiger partial charge >= 0.3 is 0 Å². The van der Waals surface area contributed by atoms with Crippen molar-refractivity contribution >= 4 is 17.4 Å². The minimum atomic E-state index is 0.381. The quantitative estimate of drug-likeness (QED) is 0.565. The summed E-state index contributed by atoms with van der Waals surface area (Å²) in [4.78, 5) is 9.89. The fourth-order valence-corrected chi connectivity index (χ4v) is 1.31. The van der Waals surface area contributed by atoms with Crippen molar-refractivity contribution in [2.24, 2.45) is 0 Å². The van der Waals surface area contributed by atoms with Gasteiger partial charge in [0.05, 0.1) is 6.54 Å². The Kier molecular flexibility index (Phi) is 1.77. The Balaban J connectivity index is 2.52. The van der Waals surface area contributed by atoms with Gasteiger partial charge in [-0.15, -0.1) is 0 Å². The van der Waals surface area contributed by atoms with Crippen molar-refractivity contribution in [1.29, 1.82) is 0 Å². The summed E-state index contributed by atoms with van der Waals surface area (Å²) >= 11 is 5.80. The van der Waals surface area contributed by atoms with Crippen LogP contribution in [0.5, 0.6) is 5.75 Å². The first kappa shape index (κ1) is 7.61. The van der Waals surface area contributed by atoms with Gasteiger partial charge in [-0.2, -0.15) is 0 Å². The van der Waals surface area contributed by atoms with E-state index in [0.717, 1.165) is 12.4 Å². The molecule has 4 nitrogen and oxygen atoms in total. The van der Waals surface area contributed by atoms with Gasteiger partial charge in [0.25, 0.3) is 0 Å². The number of likely N-dealkylation sites (N-methyl/N-ethyl adjacent to an activating group) is 1. The normalized spacial score (nSPS) is 15.3. The van der Waals surface area contributed by atoms with Gasteiger partial charge in [0.15, 0.2) is 16.7 Å². The van der Waals surface area contributed by atoms with Gasteiger partial charge < -0.3 is 9.64 Å². The largest absolute Gasteiger partial charge is 0.485 e. The van der Waals surface area contributed by atoms with Crippen molar-refractivity contribution in [2.75, 3.05) is 25.1 Å². The van der Waals surface area contributed by atoms with Gasteiger partial charge in [0.1, 0.15) is 12.9 Å². The third kappa shape index (κ3) is 1.08. The Bertz CT molecular complexity index is 305. The van der Waals surface area contributed by atoms with Crippen LogP contribution in [0.15, 0.2) is 6.33 Å². The zero-order chi connectivity index (χ0) is 8.55. The minimum Gasteiger partial charge on any atom is -0.485 e. The molecule has 1 aromatic heterocycles. The molecule has 0 N–H and O–H groups in total. The van der Waals surface area contributed by atoms with E-state index in [4.69, 9.17) is 16.3 Å². The van der Waals surface area contributed by atoms with E-state index in [2.05, 4.69) is 9.97 Å². The highest BCUT2D eigenvalue weighted by atomic mass is 35.5. The van der Waals surface area contributed by atoms with Crippen molar-refractivity contribution in [3.8, 4) is 5.75 Å². The van der Waals surface area contributed by atoms with Crippen molar-refractivity contribution in [1.82, 2.24) is 9.97 Å². The number of halogens is 1. The summed E-state index contributed by atoms with van der Waals surface area (Å²) in [5.41, 5.74) is 0. The first-order chi connectivity index (χ1) is 5.79. The summed E-state index contributed by atoms with van der Waals surface area (Å²) in [5, 5.41) is 0.381. The van der Waals surface area contributed by atoms with Gasteiger partial charge in [-0.25, -0.2) is 9.97 Å². The number of hydrogen-bond donors (Lipinski definition) is 0. The average molecular weight is 186 g/mol. The summed E-state index contributed by atoms with van der Waals surface area (Å²) in [5.74, 6) is 1.36. The lowest BCUT2D eigenvalue weighted by atomic mass is 10.4. The van der Waals surface area contributed by atoms with Crippen LogP contribution in [-0.2, 0) is 0 Å². The molecule has 0 atom stereocenters. The van der Waals surface area contributed by atoms with E-state index < -0.39 is 0 Å². The van der Waals surface area contributed by atoms with Crippen molar-refractivity contribution in [3.63, 3.8) is 0 Å². The van der Waals surface area contributed by atoms with E-state index in [9.17, 15) is 0 Å². The van der Waals surface area contributed by atoms with Gasteiger partial charge in [-0.05, 0) is 0 Å². The van der Waals surface area contributed by atoms with Crippen LogP contribution >= 0.6 is 11.6 Å². The van der Waals surface area contributed by atoms with E-state index in [1.165, 1.54) is 6.33 Å². The lowest BCUT2D eigenvalue weighted by Gasteiger charge is -2.25. The Labute approximate surface area is 75.1 Å². The molecule has 0 saturated carbocycles. The van der Waals surface area contributed by atoms with Crippen LogP contribution < -0.4 is 9.64 Å². The molecule has 2 rings (SSSR count). The zero-order valence-corrected chi connectivity index (χ0v) is 7.38. The van der Waals surface area contributed by atoms with E-state index in [0.29, 0.717) is 17.5 Å². The summed E-state index contributed by atoms with van der Waals surface area (Å²) in [6.07, 6.45) is 1.44. The number of aromatic nitrogens is 2. The third-order valence-electron chi connectivity index (χ3n) is 1.78. The molecule has 0 fully saturated rings. The maximum absolute atomic E-state index is 5.80. The van der Waals surface area contributed by atoms with Crippen LogP contribution in [0.1, 0.15) is 0 Å². The van der Waals surface area contributed by atoms with E-state index in [1.54, 1.807) is 0 Å². The van der Waals surface area contributed by atoms with E-state index in [-0.39, 0.29) is 0 Å². The molecule has 0 aromatic carbocycles. The predicted molar refractivity (Wildman–Crippen MR) is 45.8 cm³/mol. The van der Waals surface area contributed by atoms with Gasteiger partial charge in [0.2, 0.25) is 0 Å². The lowest BCUT2D eigenvalue weighted by molar-refractivity contribution is 0.307. The van der Waals surface area contributed by atoms with Gasteiger partial charge in [-0.3, -0.25) is 0 Å². The molecule has 2 heterocycles. The van der Waals surface area contributed by atoms with Crippen molar-refractivity contribution in [2.45, 2.75) is 0 Å². The minimum absolute atomic E-state index is 0.381. The Morgan fingerprint density at radius 3 is 3.17 bits per heavy atom. The van der Waals surface area contributed by atoms with Crippen LogP contribution in [0.2, 0.25) is 5.15 Å². The van der Waals surface area contributed by atoms with Gasteiger partial charge in [-0.1, -0.05) is 11.6 Å². The number of hydrogen-bond acceptors (Lipinski definition) is 4. The highest BCUT2D eigenvalue weighted by molar-refractivity contribution is 6.31. The van der Waals surface area contributed by atoms with Crippen LogP contribution in [0.3, 0.4) is 0 Å². The maximum Gasteiger partial charge on any atom is 0.199 e. The molecule has 0 amide bonds. The summed E-state index contributed by atoms with van der Waals surface area (Å²) in [6.45, 7) is 1.47. The summed E-state index contributed by atoms with van der Waals surface area (Å²) in [7, 11) is 1.95. The highest BCUT2D eigenvalue weighted by Crippen LogP contribution is 2.33. The second-order valence-electron chi connectivity index (χ2n) is 2.59. The molecule has 1 aliphatic rings. The fourth-order valence-electron chi connectivity index (χ4n) is 1.13. The second kappa shape index (κ2) is 2.79. The molecule has 1 aliphatic heterocycles. The Morgan fingerprint density at radius 2 is 2.42 bits per heavy atom. The standard InChI is InChI=1S/C7H8ClN3O/c1-11-2-3-12-5-6(8)9-4-10-7(5)11/h4H,2-3H2,1H3. The topological polar surface area (TPSA) is 38.2 Å². The smallest absolute Gasteiger partial charge is 0.199 e. The number of fused-ring (bicyclic) bond motifs is 1. The predicted octanol–water partition coefficient (Wildman–Crippen LogP) is 0.959. The highest BCUT2D eigenvalue weighted by Gasteiger charge is 2.19. The number of anilines is 1. The molecule has 1 aromatic rings. The number of nitrogens with zero attached hydrogens (tertiary/aromatic N) is 3. The number of ether oxygens (including phenoxy) is 1. The molecule has 12 heavy (non-hydrogen) atoms. The van der Waals surface area contributed by atoms with Gasteiger partial charge in [0, 0.05) is 7.05 Å². The fraction of sp³-hybridized carbons (Fsp3) is 0.429. The first-order valence-electron chi connectivity index (χ1n) is 3.63. The number of rotatable bonds is 0. The average Bonchev–Trinajstić information content (AvgIpc) is 2.07. The molecular formula is C7H8ClN3O. The molecule has 0 saturated heterocycles. The molecular weight excluding hydrogens is 178 g/mol. The van der Waals surface area contributed by atoms with E-state index in [1.807, 2.05) is 11.9 Å². The molecule has 0 aliphatic carbocycles. The summed E-state index contributed by atoms with van der Waals surface area (Å²) in [6, 6.07) is 0. The molecule has 5 heteroatoms. The Hall–Kier alpha value is -1.03. The molecule has 64 valence electrons. The van der Waals surface area contributed by atoms with Crippen LogP contribution in [0.25, 0.3) is 0 Å².